The van der Waals surface area contributed by atoms with E-state index < -0.39 is 6.04 Å². The van der Waals surface area contributed by atoms with E-state index in [1.54, 1.807) is 28.5 Å². The van der Waals surface area contributed by atoms with Crippen LogP contribution < -0.4 is 20.1 Å². The largest absolute Gasteiger partial charge is 0.493 e. The van der Waals surface area contributed by atoms with Gasteiger partial charge in [0.1, 0.15) is 27.3 Å². The quantitative estimate of drug-likeness (QED) is 0.400. The molecule has 3 amide bonds. The van der Waals surface area contributed by atoms with Crippen LogP contribution in [-0.4, -0.2) is 72.2 Å². The van der Waals surface area contributed by atoms with Gasteiger partial charge in [0.15, 0.2) is 0 Å². The summed E-state index contributed by atoms with van der Waals surface area (Å²) < 4.78 is 19.3. The van der Waals surface area contributed by atoms with Gasteiger partial charge in [-0.2, -0.15) is 0 Å². The molecule has 2 atom stereocenters. The average Bonchev–Trinajstić information content (AvgIpc) is 3.72. The second-order valence-corrected chi connectivity index (χ2v) is 12.9. The van der Waals surface area contributed by atoms with Crippen LogP contribution in [0, 0.1) is 5.92 Å². The van der Waals surface area contributed by atoms with Crippen LogP contribution in [0.2, 0.25) is 0 Å². The van der Waals surface area contributed by atoms with Gasteiger partial charge in [-0.15, -0.1) is 11.3 Å². The number of nitrogens with zero attached hydrogens (tertiary/aromatic N) is 2. The molecule has 0 unspecified atom stereocenters. The number of benzene rings is 2. The number of hydrogen-bond donors (Lipinski definition) is 2. The number of thioether (sulfide) groups is 1. The van der Waals surface area contributed by atoms with Crippen molar-refractivity contribution in [1.29, 1.82) is 0 Å². The maximum absolute atomic E-state index is 13.2. The summed E-state index contributed by atoms with van der Waals surface area (Å²) in [7, 11) is 0. The van der Waals surface area contributed by atoms with Crippen LogP contribution in [0.1, 0.15) is 52.1 Å². The van der Waals surface area contributed by atoms with Crippen molar-refractivity contribution in [2.24, 2.45) is 5.92 Å². The number of rotatable bonds is 5. The Morgan fingerprint density at radius 3 is 2.86 bits per heavy atom. The van der Waals surface area contributed by atoms with Crippen molar-refractivity contribution >= 4 is 40.8 Å². The molecule has 1 saturated heterocycles. The van der Waals surface area contributed by atoms with Crippen molar-refractivity contribution in [3.63, 3.8) is 0 Å². The van der Waals surface area contributed by atoms with Crippen molar-refractivity contribution < 1.29 is 28.6 Å². The molecule has 226 valence electrons. The normalized spacial score (nSPS) is 21.1. The number of aromatic nitrogens is 1. The molecule has 1 aromatic heterocycles. The number of carbonyl (C=O) groups excluding carboxylic acids is 3. The number of hydrogen-bond acceptors (Lipinski definition) is 9. The lowest BCUT2D eigenvalue weighted by molar-refractivity contribution is -0.124. The molecule has 2 aromatic carbocycles. The molecule has 10 nitrogen and oxygen atoms in total. The molecule has 0 radical (unpaired) electrons. The molecule has 3 heterocycles. The van der Waals surface area contributed by atoms with E-state index in [2.05, 4.69) is 15.6 Å². The zero-order valence-electron chi connectivity index (χ0n) is 23.9. The van der Waals surface area contributed by atoms with Gasteiger partial charge in [0, 0.05) is 43.1 Å². The average molecular weight is 623 g/mol. The van der Waals surface area contributed by atoms with Gasteiger partial charge < -0.3 is 29.7 Å². The second-order valence-electron chi connectivity index (χ2n) is 11.0. The second kappa shape index (κ2) is 13.4. The Bertz CT molecular complexity index is 1490. The Balaban J connectivity index is 1.21. The van der Waals surface area contributed by atoms with E-state index in [1.807, 2.05) is 30.5 Å². The van der Waals surface area contributed by atoms with Gasteiger partial charge in [-0.25, -0.2) is 4.98 Å². The molecule has 12 heteroatoms. The minimum absolute atomic E-state index is 0.0775. The fourth-order valence-electron chi connectivity index (χ4n) is 5.12. The highest BCUT2D eigenvalue weighted by Gasteiger charge is 2.34. The molecular formula is C31H34N4O6S2. The first kappa shape index (κ1) is 29.5. The number of nitrogens with one attached hydrogen (secondary N) is 2. The van der Waals surface area contributed by atoms with E-state index >= 15 is 0 Å². The fraction of sp³-hybridized carbons (Fsp3) is 0.419. The first-order valence-electron chi connectivity index (χ1n) is 14.5. The third-order valence-electron chi connectivity index (χ3n) is 7.62. The summed E-state index contributed by atoms with van der Waals surface area (Å²) in [5.41, 5.74) is 1.70. The van der Waals surface area contributed by atoms with Crippen LogP contribution in [-0.2, 0) is 16.1 Å². The monoisotopic (exact) mass is 622 g/mol. The van der Waals surface area contributed by atoms with E-state index in [1.165, 1.54) is 23.1 Å². The number of piperidine rings is 1. The lowest BCUT2D eigenvalue weighted by atomic mass is 10.0. The molecule has 4 bridgehead atoms. The molecule has 3 aliphatic rings. The molecule has 2 N–H and O–H groups in total. The molecule has 1 saturated carbocycles. The van der Waals surface area contributed by atoms with Gasteiger partial charge in [0.05, 0.1) is 25.4 Å². The minimum atomic E-state index is -0.421. The predicted octanol–water partition coefficient (Wildman–Crippen LogP) is 4.50. The van der Waals surface area contributed by atoms with Gasteiger partial charge in [0.2, 0.25) is 5.91 Å². The molecule has 6 rings (SSSR count). The van der Waals surface area contributed by atoms with Gasteiger partial charge in [-0.3, -0.25) is 14.4 Å². The molecular weight excluding hydrogens is 588 g/mol. The third-order valence-corrected chi connectivity index (χ3v) is 9.48. The Hall–Kier alpha value is -3.61. The first-order valence-corrected chi connectivity index (χ1v) is 16.6. The van der Waals surface area contributed by atoms with Crippen LogP contribution in [0.15, 0.2) is 52.2 Å². The summed E-state index contributed by atoms with van der Waals surface area (Å²) in [6.07, 6.45) is 4.56. The van der Waals surface area contributed by atoms with E-state index in [9.17, 15) is 14.4 Å². The van der Waals surface area contributed by atoms with E-state index in [4.69, 9.17) is 14.2 Å². The number of likely N-dealkylation sites (tertiary alicyclic amines) is 1. The van der Waals surface area contributed by atoms with E-state index in [0.29, 0.717) is 67.1 Å². The lowest BCUT2D eigenvalue weighted by Gasteiger charge is -2.38. The van der Waals surface area contributed by atoms with Gasteiger partial charge in [-0.05, 0) is 61.3 Å². The van der Waals surface area contributed by atoms with Gasteiger partial charge >= 0.3 is 0 Å². The fourth-order valence-corrected chi connectivity index (χ4v) is 6.35. The number of fused-ring (bicyclic) bond motifs is 5. The van der Waals surface area contributed by atoms with Gasteiger partial charge in [0.25, 0.3) is 11.8 Å². The third kappa shape index (κ3) is 7.67. The smallest absolute Gasteiger partial charge is 0.273 e. The first-order chi connectivity index (χ1) is 20.9. The highest BCUT2D eigenvalue weighted by molar-refractivity contribution is 8.00. The van der Waals surface area contributed by atoms with E-state index in [0.717, 1.165) is 22.7 Å². The van der Waals surface area contributed by atoms with Crippen LogP contribution >= 0.6 is 23.1 Å². The van der Waals surface area contributed by atoms with Crippen molar-refractivity contribution in [3.8, 4) is 17.2 Å². The van der Waals surface area contributed by atoms with Crippen molar-refractivity contribution in [1.82, 2.24) is 20.5 Å². The molecule has 2 fully saturated rings. The Kier molecular flexibility index (Phi) is 9.15. The van der Waals surface area contributed by atoms with E-state index in [-0.39, 0.29) is 36.8 Å². The Morgan fingerprint density at radius 2 is 2.05 bits per heavy atom. The number of thiazole rings is 1. The number of carbonyl (C=O) groups is 3. The maximum Gasteiger partial charge on any atom is 0.273 e. The van der Waals surface area contributed by atoms with Crippen LogP contribution in [0.3, 0.4) is 0 Å². The van der Waals surface area contributed by atoms with Crippen LogP contribution in [0.25, 0.3) is 0 Å². The number of ether oxygens (including phenoxy) is 3. The summed E-state index contributed by atoms with van der Waals surface area (Å²) in [5, 5.41) is 7.67. The Labute approximate surface area is 258 Å². The molecule has 2 aliphatic heterocycles. The number of amides is 3. The summed E-state index contributed by atoms with van der Waals surface area (Å²) >= 11 is 2.94. The molecule has 1 aliphatic carbocycles. The molecule has 0 spiro atoms. The lowest BCUT2D eigenvalue weighted by Crippen LogP contribution is -2.57. The minimum Gasteiger partial charge on any atom is -0.493 e. The predicted molar refractivity (Wildman–Crippen MR) is 163 cm³/mol. The topological polar surface area (TPSA) is 119 Å². The summed E-state index contributed by atoms with van der Waals surface area (Å²) in [4.78, 5) is 45.5. The van der Waals surface area contributed by atoms with Crippen LogP contribution in [0.5, 0.6) is 17.2 Å². The standard InChI is InChI=1S/C31H34N4O6S2/c1-42-31-34-26(18-43-31)30(38)35-10-8-27-25(15-35)33-28(36)7-9-32-29(37)21-12-23(39-16-19-5-6-19)14-24(13-21)41-22-4-2-3-20(11-22)17-40-27/h2-4,11-14,18-19,25,27H,5-10,15-17H2,1H3,(H,32,37)(H,33,36)/t25-,27+/m0/s1. The highest BCUT2D eigenvalue weighted by atomic mass is 32.2. The molecule has 3 aromatic rings. The van der Waals surface area contributed by atoms with Crippen LogP contribution in [0.4, 0.5) is 0 Å². The highest BCUT2D eigenvalue weighted by Crippen LogP contribution is 2.32. The Morgan fingerprint density at radius 1 is 1.16 bits per heavy atom. The van der Waals surface area contributed by atoms with Crippen molar-refractivity contribution in [2.45, 2.75) is 48.8 Å². The SMILES string of the molecule is CSc1nc(C(=O)N2CC[C@H]3OCc4cccc(c4)Oc4cc(OCC5CC5)cc(c4)C(=O)NCCC(=O)N[C@H]3C2)cs1. The molecule has 43 heavy (non-hydrogen) atoms. The van der Waals surface area contributed by atoms with Crippen molar-refractivity contribution in [3.05, 3.63) is 64.7 Å². The summed E-state index contributed by atoms with van der Waals surface area (Å²) in [6, 6.07) is 12.3. The van der Waals surface area contributed by atoms with Crippen molar-refractivity contribution in [2.75, 3.05) is 32.5 Å². The maximum atomic E-state index is 13.2. The summed E-state index contributed by atoms with van der Waals surface area (Å²) in [6.45, 7) is 1.84. The van der Waals surface area contributed by atoms with Gasteiger partial charge in [-0.1, -0.05) is 23.9 Å². The summed E-state index contributed by atoms with van der Waals surface area (Å²) in [5.74, 6) is 1.50. The zero-order valence-corrected chi connectivity index (χ0v) is 25.5. The zero-order chi connectivity index (χ0) is 29.8.